The fraction of sp³-hybridized carbons (Fsp3) is 0.125. The van der Waals surface area contributed by atoms with E-state index in [1.54, 1.807) is 12.1 Å². The zero-order chi connectivity index (χ0) is 16.2. The van der Waals surface area contributed by atoms with Gasteiger partial charge in [0.1, 0.15) is 12.4 Å². The molecule has 5 nitrogen and oxygen atoms in total. The van der Waals surface area contributed by atoms with Gasteiger partial charge in [0.15, 0.2) is 11.6 Å². The fourth-order valence-corrected chi connectivity index (χ4v) is 1.96. The van der Waals surface area contributed by atoms with Gasteiger partial charge in [-0.3, -0.25) is 0 Å². The van der Waals surface area contributed by atoms with Crippen molar-refractivity contribution in [3.8, 4) is 17.2 Å². The van der Waals surface area contributed by atoms with Gasteiger partial charge in [-0.25, -0.2) is 13.6 Å². The van der Waals surface area contributed by atoms with E-state index in [0.717, 1.165) is 4.68 Å². The third kappa shape index (κ3) is 3.45. The van der Waals surface area contributed by atoms with Gasteiger partial charge in [0.2, 0.25) is 5.89 Å². The third-order valence-corrected chi connectivity index (χ3v) is 3.09. The first-order valence-corrected chi connectivity index (χ1v) is 6.85. The van der Waals surface area contributed by atoms with Crippen molar-refractivity contribution < 1.29 is 17.9 Å². The standard InChI is InChI=1S/C16H12F2N2O3/c17-12-7-5-11(6-8-12)15-19-20(16(21)23-15)9-10-22-14-4-2-1-3-13(14)18/h1-8H,9-10H2. The van der Waals surface area contributed by atoms with Gasteiger partial charge in [0, 0.05) is 5.56 Å². The average molecular weight is 318 g/mol. The summed E-state index contributed by atoms with van der Waals surface area (Å²) in [5.74, 6) is -1.36. The summed E-state index contributed by atoms with van der Waals surface area (Å²) >= 11 is 0. The first-order valence-electron chi connectivity index (χ1n) is 6.85. The molecule has 0 spiro atoms. The van der Waals surface area contributed by atoms with Gasteiger partial charge in [-0.1, -0.05) is 12.1 Å². The molecule has 0 radical (unpaired) electrons. The lowest BCUT2D eigenvalue weighted by atomic mass is 10.2. The molecule has 0 aliphatic heterocycles. The summed E-state index contributed by atoms with van der Waals surface area (Å²) in [6, 6.07) is 11.4. The van der Waals surface area contributed by atoms with Crippen molar-refractivity contribution in [1.82, 2.24) is 9.78 Å². The molecule has 118 valence electrons. The van der Waals surface area contributed by atoms with E-state index in [1.807, 2.05) is 0 Å². The van der Waals surface area contributed by atoms with E-state index in [0.29, 0.717) is 5.56 Å². The highest BCUT2D eigenvalue weighted by molar-refractivity contribution is 5.51. The van der Waals surface area contributed by atoms with Crippen LogP contribution in [0.1, 0.15) is 0 Å². The topological polar surface area (TPSA) is 57.3 Å². The van der Waals surface area contributed by atoms with Crippen LogP contribution in [0.5, 0.6) is 5.75 Å². The highest BCUT2D eigenvalue weighted by Crippen LogP contribution is 2.16. The number of benzene rings is 2. The van der Waals surface area contributed by atoms with Crippen LogP contribution in [0.2, 0.25) is 0 Å². The lowest BCUT2D eigenvalue weighted by Gasteiger charge is -2.05. The minimum Gasteiger partial charge on any atom is -0.489 e. The number of ether oxygens (including phenoxy) is 1. The monoisotopic (exact) mass is 318 g/mol. The molecular formula is C16H12F2N2O3. The van der Waals surface area contributed by atoms with Gasteiger partial charge in [0.05, 0.1) is 6.54 Å². The molecule has 0 N–H and O–H groups in total. The summed E-state index contributed by atoms with van der Waals surface area (Å²) in [4.78, 5) is 11.7. The van der Waals surface area contributed by atoms with Crippen LogP contribution in [0, 0.1) is 11.6 Å². The van der Waals surface area contributed by atoms with Crippen LogP contribution in [-0.4, -0.2) is 16.4 Å². The molecule has 0 unspecified atom stereocenters. The zero-order valence-corrected chi connectivity index (χ0v) is 11.9. The second-order valence-corrected chi connectivity index (χ2v) is 4.68. The van der Waals surface area contributed by atoms with Gasteiger partial charge in [-0.2, -0.15) is 4.68 Å². The second kappa shape index (κ2) is 6.43. The molecule has 7 heteroatoms. The van der Waals surface area contributed by atoms with Gasteiger partial charge < -0.3 is 9.15 Å². The molecule has 0 aliphatic carbocycles. The number of para-hydroxylation sites is 1. The highest BCUT2D eigenvalue weighted by Gasteiger charge is 2.10. The Morgan fingerprint density at radius 1 is 1.09 bits per heavy atom. The first kappa shape index (κ1) is 15.0. The predicted molar refractivity (Wildman–Crippen MR) is 78.1 cm³/mol. The molecule has 0 amide bonds. The number of hydrogen-bond donors (Lipinski definition) is 0. The molecule has 0 saturated carbocycles. The predicted octanol–water partition coefficient (Wildman–Crippen LogP) is 2.86. The number of aromatic nitrogens is 2. The molecular weight excluding hydrogens is 306 g/mol. The quantitative estimate of drug-likeness (QED) is 0.726. The van der Waals surface area contributed by atoms with E-state index in [2.05, 4.69) is 5.10 Å². The maximum Gasteiger partial charge on any atom is 0.437 e. The van der Waals surface area contributed by atoms with Gasteiger partial charge >= 0.3 is 5.76 Å². The maximum atomic E-state index is 13.4. The molecule has 0 atom stereocenters. The summed E-state index contributed by atoms with van der Waals surface area (Å²) in [6.45, 7) is 0.147. The third-order valence-electron chi connectivity index (χ3n) is 3.09. The van der Waals surface area contributed by atoms with Crippen molar-refractivity contribution in [3.63, 3.8) is 0 Å². The van der Waals surface area contributed by atoms with Crippen LogP contribution in [0.3, 0.4) is 0 Å². The lowest BCUT2D eigenvalue weighted by molar-refractivity contribution is 0.273. The Kier molecular flexibility index (Phi) is 4.18. The zero-order valence-electron chi connectivity index (χ0n) is 11.9. The summed E-state index contributed by atoms with van der Waals surface area (Å²) in [5, 5.41) is 4.00. The van der Waals surface area contributed by atoms with Crippen LogP contribution in [-0.2, 0) is 6.54 Å². The van der Waals surface area contributed by atoms with Crippen LogP contribution in [0.15, 0.2) is 57.7 Å². The Morgan fingerprint density at radius 2 is 1.83 bits per heavy atom. The number of halogens is 2. The molecule has 23 heavy (non-hydrogen) atoms. The van der Waals surface area contributed by atoms with Gasteiger partial charge in [-0.05, 0) is 36.4 Å². The molecule has 0 bridgehead atoms. The van der Waals surface area contributed by atoms with Crippen molar-refractivity contribution in [3.05, 3.63) is 70.7 Å². The molecule has 3 aromatic rings. The lowest BCUT2D eigenvalue weighted by Crippen LogP contribution is -2.20. The van der Waals surface area contributed by atoms with Crippen LogP contribution in [0.25, 0.3) is 11.5 Å². The minimum atomic E-state index is -0.665. The van der Waals surface area contributed by atoms with Crippen molar-refractivity contribution in [2.24, 2.45) is 0 Å². The summed E-state index contributed by atoms with van der Waals surface area (Å²) < 4.78 is 37.6. The Morgan fingerprint density at radius 3 is 2.57 bits per heavy atom. The highest BCUT2D eigenvalue weighted by atomic mass is 19.1. The molecule has 3 rings (SSSR count). The van der Waals surface area contributed by atoms with E-state index < -0.39 is 17.4 Å². The molecule has 0 fully saturated rings. The first-order chi connectivity index (χ1) is 11.1. The summed E-state index contributed by atoms with van der Waals surface area (Å²) in [5.41, 5.74) is 0.484. The van der Waals surface area contributed by atoms with Gasteiger partial charge in [-0.15, -0.1) is 5.10 Å². The molecule has 1 aromatic heterocycles. The molecule has 1 heterocycles. The van der Waals surface area contributed by atoms with E-state index >= 15 is 0 Å². The molecule has 0 saturated heterocycles. The maximum absolute atomic E-state index is 13.4. The second-order valence-electron chi connectivity index (χ2n) is 4.68. The molecule has 2 aromatic carbocycles. The number of nitrogens with zero attached hydrogens (tertiary/aromatic N) is 2. The van der Waals surface area contributed by atoms with Gasteiger partial charge in [0.25, 0.3) is 0 Å². The largest absolute Gasteiger partial charge is 0.489 e. The van der Waals surface area contributed by atoms with Crippen LogP contribution >= 0.6 is 0 Å². The SMILES string of the molecule is O=c1oc(-c2ccc(F)cc2)nn1CCOc1ccccc1F. The fourth-order valence-electron chi connectivity index (χ4n) is 1.96. The van der Waals surface area contributed by atoms with E-state index in [9.17, 15) is 13.6 Å². The smallest absolute Gasteiger partial charge is 0.437 e. The Labute approximate surface area is 129 Å². The summed E-state index contributed by atoms with van der Waals surface area (Å²) in [7, 11) is 0. The Balaban J connectivity index is 1.68. The van der Waals surface area contributed by atoms with E-state index in [4.69, 9.17) is 9.15 Å². The van der Waals surface area contributed by atoms with Crippen molar-refractivity contribution in [2.75, 3.05) is 6.61 Å². The summed E-state index contributed by atoms with van der Waals surface area (Å²) in [6.07, 6.45) is 0. The normalized spacial score (nSPS) is 10.7. The Bertz CT molecular complexity index is 856. The van der Waals surface area contributed by atoms with E-state index in [-0.39, 0.29) is 24.8 Å². The van der Waals surface area contributed by atoms with E-state index in [1.165, 1.54) is 36.4 Å². The Hall–Kier alpha value is -2.96. The average Bonchev–Trinajstić information content (AvgIpc) is 2.91. The number of hydrogen-bond acceptors (Lipinski definition) is 4. The number of rotatable bonds is 5. The van der Waals surface area contributed by atoms with Crippen molar-refractivity contribution in [1.29, 1.82) is 0 Å². The molecule has 0 aliphatic rings. The van der Waals surface area contributed by atoms with Crippen LogP contribution < -0.4 is 10.5 Å². The van der Waals surface area contributed by atoms with Crippen molar-refractivity contribution in [2.45, 2.75) is 6.54 Å². The van der Waals surface area contributed by atoms with Crippen molar-refractivity contribution >= 4 is 0 Å². The van der Waals surface area contributed by atoms with Crippen LogP contribution in [0.4, 0.5) is 8.78 Å². The minimum absolute atomic E-state index is 0.0518.